The summed E-state index contributed by atoms with van der Waals surface area (Å²) in [6.45, 7) is 6.58. The standard InChI is InChI=1S/C5H11NO4Si.C2H7N.CH6OSi.H2N.W/c6-3-5-4-9-11(10-5)7-1-2-8-11;1-2-3;1-3-2;;/h5H,1-4,6H2;2-3H2,1H3;2H,3H2,1H3;1H2;/q;;;-1;. The van der Waals surface area contributed by atoms with Gasteiger partial charge in [0.15, 0.2) is 9.76 Å². The van der Waals surface area contributed by atoms with Gasteiger partial charge in [0.25, 0.3) is 0 Å². The molecule has 2 saturated heterocycles. The molecule has 0 aromatic rings. The van der Waals surface area contributed by atoms with Crippen molar-refractivity contribution < 1.29 is 43.6 Å². The predicted molar refractivity (Wildman–Crippen MR) is 74.2 cm³/mol. The molecule has 1 unspecified atom stereocenters. The maximum absolute atomic E-state index is 7.71. The maximum atomic E-state index is 7.71. The van der Waals surface area contributed by atoms with E-state index in [-0.39, 0.29) is 33.3 Å². The Bertz CT molecular complexity index is 190. The summed E-state index contributed by atoms with van der Waals surface area (Å²) in [6, 6.07) is 0. The molecule has 2 heterocycles. The first-order valence-electron chi connectivity index (χ1n) is 5.78. The van der Waals surface area contributed by atoms with Crippen LogP contribution in [-0.2, 0) is 38.8 Å². The second-order valence-corrected chi connectivity index (χ2v) is 5.94. The molecular formula is C8H26N3O5Si2W-. The summed E-state index contributed by atoms with van der Waals surface area (Å²) in [5, 5.41) is 0. The van der Waals surface area contributed by atoms with Crippen molar-refractivity contribution >= 4 is 18.8 Å². The van der Waals surface area contributed by atoms with Crippen molar-refractivity contribution in [3.05, 3.63) is 6.15 Å². The normalized spacial score (nSPS) is 22.9. The molecule has 2 aliphatic rings. The molecule has 2 fully saturated rings. The average molecular weight is 484 g/mol. The topological polar surface area (TPSA) is 143 Å². The third-order valence-electron chi connectivity index (χ3n) is 1.66. The average Bonchev–Trinajstić information content (AvgIpc) is 2.92. The summed E-state index contributed by atoms with van der Waals surface area (Å²) < 4.78 is 21.2. The van der Waals surface area contributed by atoms with Crippen molar-refractivity contribution in [2.24, 2.45) is 11.5 Å². The second kappa shape index (κ2) is 15.2. The van der Waals surface area contributed by atoms with E-state index in [1.807, 2.05) is 13.5 Å². The Labute approximate surface area is 132 Å². The predicted octanol–water partition coefficient (Wildman–Crippen LogP) is -1.37. The molecule has 19 heavy (non-hydrogen) atoms. The number of rotatable bonds is 1. The first-order valence-corrected chi connectivity index (χ1v) is 9.46. The Hall–Kier alpha value is 0.802. The molecule has 118 valence electrons. The zero-order valence-corrected chi connectivity index (χ0v) is 16.9. The summed E-state index contributed by atoms with van der Waals surface area (Å²) in [4.78, 5) is 7.71. The Morgan fingerprint density at radius 3 is 2.00 bits per heavy atom. The molecule has 0 aromatic heterocycles. The minimum Gasteiger partial charge on any atom is -0.693 e. The molecular weight excluding hydrogens is 458 g/mol. The van der Waals surface area contributed by atoms with Gasteiger partial charge in [-0.1, -0.05) is 13.5 Å². The molecule has 0 saturated carbocycles. The van der Waals surface area contributed by atoms with Crippen LogP contribution in [0.15, 0.2) is 0 Å². The van der Waals surface area contributed by atoms with Crippen LogP contribution in [0.5, 0.6) is 0 Å². The molecule has 11 heteroatoms. The molecule has 0 aliphatic carbocycles. The van der Waals surface area contributed by atoms with E-state index in [0.717, 1.165) is 6.54 Å². The van der Waals surface area contributed by atoms with Crippen molar-refractivity contribution in [3.63, 3.8) is 0 Å². The van der Waals surface area contributed by atoms with Crippen molar-refractivity contribution in [2.45, 2.75) is 19.6 Å². The molecule has 2 aliphatic heterocycles. The van der Waals surface area contributed by atoms with Gasteiger partial charge in [0, 0.05) is 27.6 Å². The number of nitrogens with two attached hydrogens (primary N) is 3. The minimum atomic E-state index is -2.63. The van der Waals surface area contributed by atoms with E-state index in [1.165, 1.54) is 0 Å². The van der Waals surface area contributed by atoms with Crippen LogP contribution >= 0.6 is 0 Å². The number of hydrogen-bond acceptors (Lipinski definition) is 7. The molecule has 0 aromatic carbocycles. The Morgan fingerprint density at radius 2 is 1.68 bits per heavy atom. The third-order valence-corrected chi connectivity index (χ3v) is 3.92. The minimum absolute atomic E-state index is 0. The molecule has 7 N–H and O–H groups in total. The van der Waals surface area contributed by atoms with Crippen molar-refractivity contribution in [1.29, 1.82) is 0 Å². The summed E-state index contributed by atoms with van der Waals surface area (Å²) in [5.74, 6) is 0. The van der Waals surface area contributed by atoms with Crippen LogP contribution in [-0.4, -0.2) is 62.6 Å². The molecule has 8 nitrogen and oxygen atoms in total. The van der Waals surface area contributed by atoms with E-state index in [2.05, 4.69) is 0 Å². The van der Waals surface area contributed by atoms with Crippen molar-refractivity contribution in [3.8, 4) is 0 Å². The van der Waals surface area contributed by atoms with Gasteiger partial charge in [0.2, 0.25) is 0 Å². The van der Waals surface area contributed by atoms with Crippen LogP contribution in [0.2, 0.25) is 6.55 Å². The molecule has 0 bridgehead atoms. The Balaban J connectivity index is -0.000000280. The summed E-state index contributed by atoms with van der Waals surface area (Å²) in [6.07, 6.45) is -0.0419. The Morgan fingerprint density at radius 1 is 1.26 bits per heavy atom. The van der Waals surface area contributed by atoms with Crippen LogP contribution in [0, 0.1) is 0 Å². The van der Waals surface area contributed by atoms with E-state index in [9.17, 15) is 0 Å². The van der Waals surface area contributed by atoms with Crippen LogP contribution in [0.1, 0.15) is 6.92 Å². The van der Waals surface area contributed by atoms with Crippen LogP contribution in [0.3, 0.4) is 0 Å². The van der Waals surface area contributed by atoms with E-state index in [4.69, 9.17) is 34.0 Å². The van der Waals surface area contributed by atoms with Gasteiger partial charge < -0.3 is 40.1 Å². The smallest absolute Gasteiger partial charge is 0.680 e. The van der Waals surface area contributed by atoms with E-state index in [0.29, 0.717) is 26.4 Å². The maximum Gasteiger partial charge on any atom is 0.680 e. The van der Waals surface area contributed by atoms with Gasteiger partial charge in [0.1, 0.15) is 0 Å². The van der Waals surface area contributed by atoms with Crippen LogP contribution in [0.25, 0.3) is 6.15 Å². The fourth-order valence-corrected chi connectivity index (χ4v) is 3.19. The molecule has 1 atom stereocenters. The van der Waals surface area contributed by atoms with Gasteiger partial charge in [-0.25, -0.2) is 0 Å². The van der Waals surface area contributed by atoms with Gasteiger partial charge in [-0.15, -0.1) is 0 Å². The van der Waals surface area contributed by atoms with E-state index >= 15 is 0 Å². The monoisotopic (exact) mass is 484 g/mol. The second-order valence-electron chi connectivity index (χ2n) is 3.21. The van der Waals surface area contributed by atoms with Gasteiger partial charge in [-0.3, -0.25) is 0 Å². The molecule has 2 rings (SSSR count). The fourth-order valence-electron chi connectivity index (χ4n) is 1.11. The zero-order chi connectivity index (χ0) is 13.1. The van der Waals surface area contributed by atoms with Gasteiger partial charge in [0.05, 0.1) is 25.9 Å². The van der Waals surface area contributed by atoms with Gasteiger partial charge in [-0.05, 0) is 6.54 Å². The SMILES string of the molecule is CCN.C[SiH2]O.NCC1CO[Si]2(OCCO2)O1.[NH2-].[W]. The van der Waals surface area contributed by atoms with Gasteiger partial charge >= 0.3 is 9.05 Å². The summed E-state index contributed by atoms with van der Waals surface area (Å²) in [7, 11) is -3.22. The largest absolute Gasteiger partial charge is 0.693 e. The van der Waals surface area contributed by atoms with Gasteiger partial charge in [-0.2, -0.15) is 0 Å². The van der Waals surface area contributed by atoms with E-state index in [1.54, 1.807) is 0 Å². The number of hydrogen-bond donors (Lipinski definition) is 3. The third kappa shape index (κ3) is 10.2. The summed E-state index contributed by atoms with van der Waals surface area (Å²) in [5.41, 5.74) is 10.2. The fraction of sp³-hybridized carbons (Fsp3) is 1.00. The van der Waals surface area contributed by atoms with Crippen molar-refractivity contribution in [1.82, 2.24) is 0 Å². The molecule has 1 spiro atoms. The first kappa shape index (κ1) is 24.8. The molecule has 0 amide bonds. The summed E-state index contributed by atoms with van der Waals surface area (Å²) >= 11 is 0. The Kier molecular flexibility index (Phi) is 19.8. The van der Waals surface area contributed by atoms with E-state index < -0.39 is 18.8 Å². The van der Waals surface area contributed by atoms with Crippen LogP contribution < -0.4 is 11.5 Å². The zero-order valence-electron chi connectivity index (χ0n) is 11.5. The first-order chi connectivity index (χ1) is 8.17. The van der Waals surface area contributed by atoms with Crippen LogP contribution in [0.4, 0.5) is 0 Å². The quantitative estimate of drug-likeness (QED) is 0.390. The molecule has 0 radical (unpaired) electrons. The van der Waals surface area contributed by atoms with Crippen molar-refractivity contribution in [2.75, 3.05) is 32.9 Å².